The summed E-state index contributed by atoms with van der Waals surface area (Å²) in [5.74, 6) is 0. The molecule has 0 atom stereocenters. The molecule has 0 aliphatic rings. The number of fused-ring (bicyclic) bond motifs is 1. The summed E-state index contributed by atoms with van der Waals surface area (Å²) in [6.45, 7) is 0. The van der Waals surface area contributed by atoms with Crippen molar-refractivity contribution >= 4 is 42.6 Å². The van der Waals surface area contributed by atoms with Gasteiger partial charge in [0.2, 0.25) is 0 Å². The number of nitrogens with zero attached hydrogens (tertiary/aromatic N) is 1. The third-order valence-corrected chi connectivity index (χ3v) is 3.63. The number of benzene rings is 1. The van der Waals surface area contributed by atoms with Crippen LogP contribution in [0, 0.1) is 0 Å². The zero-order valence-electron chi connectivity index (χ0n) is 6.47. The van der Waals surface area contributed by atoms with Crippen molar-refractivity contribution in [3.05, 3.63) is 22.7 Å². The van der Waals surface area contributed by atoms with Gasteiger partial charge in [0.15, 0.2) is 5.13 Å². The van der Waals surface area contributed by atoms with Crippen LogP contribution in [0.4, 0.5) is 5.13 Å². The van der Waals surface area contributed by atoms with Gasteiger partial charge >= 0.3 is 0 Å². The van der Waals surface area contributed by atoms with Gasteiger partial charge in [-0.1, -0.05) is 17.4 Å². The monoisotopic (exact) mass is 242 g/mol. The quantitative estimate of drug-likeness (QED) is 0.832. The molecule has 0 unspecified atom stereocenters. The van der Waals surface area contributed by atoms with Gasteiger partial charge in [-0.15, -0.1) is 0 Å². The second-order valence-corrected chi connectivity index (χ2v) is 4.21. The molecule has 0 saturated carbocycles. The van der Waals surface area contributed by atoms with Crippen molar-refractivity contribution in [2.24, 2.45) is 0 Å². The number of aromatic nitrogens is 1. The first-order valence-electron chi connectivity index (χ1n) is 3.54. The molecular weight excluding hydrogens is 236 g/mol. The fraction of sp³-hybridized carbons (Fsp3) is 0.125. The van der Waals surface area contributed by atoms with E-state index in [0.29, 0.717) is 0 Å². The lowest BCUT2D eigenvalue weighted by molar-refractivity contribution is 1.41. The molecule has 1 aromatic carbocycles. The molecule has 2 rings (SSSR count). The summed E-state index contributed by atoms with van der Waals surface area (Å²) in [5.41, 5.74) is 1.04. The molecule has 2 nitrogen and oxygen atoms in total. The van der Waals surface area contributed by atoms with Gasteiger partial charge in [-0.25, -0.2) is 4.98 Å². The second kappa shape index (κ2) is 3.03. The first-order chi connectivity index (χ1) is 5.81. The van der Waals surface area contributed by atoms with Crippen LogP contribution in [-0.4, -0.2) is 12.0 Å². The zero-order chi connectivity index (χ0) is 8.55. The fourth-order valence-electron chi connectivity index (χ4n) is 1.02. The Morgan fingerprint density at radius 3 is 3.00 bits per heavy atom. The Morgan fingerprint density at radius 2 is 2.33 bits per heavy atom. The Labute approximate surface area is 82.8 Å². The number of rotatable bonds is 1. The molecule has 4 heteroatoms. The predicted octanol–water partition coefficient (Wildman–Crippen LogP) is 3.10. The minimum absolute atomic E-state index is 0.955. The van der Waals surface area contributed by atoms with Crippen LogP contribution in [0.1, 0.15) is 0 Å². The molecule has 0 fully saturated rings. The molecule has 12 heavy (non-hydrogen) atoms. The number of halogens is 1. The summed E-state index contributed by atoms with van der Waals surface area (Å²) < 4.78 is 2.31. The minimum Gasteiger partial charge on any atom is -0.365 e. The van der Waals surface area contributed by atoms with Gasteiger partial charge in [-0.2, -0.15) is 0 Å². The molecule has 0 aliphatic heterocycles. The third kappa shape index (κ3) is 1.21. The standard InChI is InChI=1S/C8H7BrN2S/c1-10-8-11-6-4-2-3-5(9)7(6)12-8/h2-4H,1H3,(H,10,11). The predicted molar refractivity (Wildman–Crippen MR) is 56.9 cm³/mol. The Hall–Kier alpha value is -0.610. The lowest BCUT2D eigenvalue weighted by Gasteiger charge is -1.88. The van der Waals surface area contributed by atoms with E-state index in [1.54, 1.807) is 11.3 Å². The Balaban J connectivity index is 2.74. The highest BCUT2D eigenvalue weighted by Gasteiger charge is 2.03. The molecule has 2 aromatic rings. The number of hydrogen-bond donors (Lipinski definition) is 1. The van der Waals surface area contributed by atoms with Gasteiger partial charge in [-0.3, -0.25) is 0 Å². The highest BCUT2D eigenvalue weighted by molar-refractivity contribution is 9.10. The summed E-state index contributed by atoms with van der Waals surface area (Å²) in [5, 5.41) is 3.99. The van der Waals surface area contributed by atoms with Crippen molar-refractivity contribution in [3.63, 3.8) is 0 Å². The van der Waals surface area contributed by atoms with Gasteiger partial charge in [-0.05, 0) is 28.1 Å². The fourth-order valence-corrected chi connectivity index (χ4v) is 2.44. The summed E-state index contributed by atoms with van der Waals surface area (Å²) in [6, 6.07) is 6.03. The lowest BCUT2D eigenvalue weighted by atomic mass is 10.3. The maximum Gasteiger partial charge on any atom is 0.183 e. The SMILES string of the molecule is CNc1nc2cccc(Br)c2s1. The van der Waals surface area contributed by atoms with E-state index in [4.69, 9.17) is 0 Å². The van der Waals surface area contributed by atoms with Crippen LogP contribution in [0.15, 0.2) is 22.7 Å². The lowest BCUT2D eigenvalue weighted by Crippen LogP contribution is -1.83. The number of anilines is 1. The second-order valence-electron chi connectivity index (χ2n) is 2.36. The van der Waals surface area contributed by atoms with Crippen LogP contribution >= 0.6 is 27.3 Å². The van der Waals surface area contributed by atoms with E-state index in [2.05, 4.69) is 26.2 Å². The van der Waals surface area contributed by atoms with Gasteiger partial charge < -0.3 is 5.32 Å². The van der Waals surface area contributed by atoms with Gasteiger partial charge in [0.1, 0.15) is 0 Å². The Kier molecular flexibility index (Phi) is 2.02. The topological polar surface area (TPSA) is 24.9 Å². The molecule has 0 spiro atoms. The van der Waals surface area contributed by atoms with Crippen LogP contribution in [0.3, 0.4) is 0 Å². The molecule has 62 valence electrons. The highest BCUT2D eigenvalue weighted by atomic mass is 79.9. The molecule has 0 radical (unpaired) electrons. The summed E-state index contributed by atoms with van der Waals surface area (Å²) in [7, 11) is 1.88. The van der Waals surface area contributed by atoms with Crippen molar-refractivity contribution < 1.29 is 0 Å². The first kappa shape index (κ1) is 8.01. The van der Waals surface area contributed by atoms with Crippen LogP contribution < -0.4 is 5.32 Å². The molecule has 1 heterocycles. The number of hydrogen-bond acceptors (Lipinski definition) is 3. The smallest absolute Gasteiger partial charge is 0.183 e. The average Bonchev–Trinajstić information content (AvgIpc) is 2.49. The highest BCUT2D eigenvalue weighted by Crippen LogP contribution is 2.31. The molecule has 1 aromatic heterocycles. The minimum atomic E-state index is 0.955. The van der Waals surface area contributed by atoms with Crippen molar-refractivity contribution in [1.82, 2.24) is 4.98 Å². The average molecular weight is 243 g/mol. The van der Waals surface area contributed by atoms with Gasteiger partial charge in [0.25, 0.3) is 0 Å². The van der Waals surface area contributed by atoms with E-state index in [1.165, 1.54) is 4.70 Å². The van der Waals surface area contributed by atoms with Gasteiger partial charge in [0, 0.05) is 11.5 Å². The van der Waals surface area contributed by atoms with Crippen LogP contribution in [-0.2, 0) is 0 Å². The molecule has 0 saturated heterocycles. The van der Waals surface area contributed by atoms with Crippen molar-refractivity contribution in [2.75, 3.05) is 12.4 Å². The molecule has 0 amide bonds. The Morgan fingerprint density at radius 1 is 1.50 bits per heavy atom. The van der Waals surface area contributed by atoms with Gasteiger partial charge in [0.05, 0.1) is 10.2 Å². The number of thiazole rings is 1. The summed E-state index contributed by atoms with van der Waals surface area (Å²) in [4.78, 5) is 4.37. The van der Waals surface area contributed by atoms with E-state index in [1.807, 2.05) is 25.2 Å². The van der Waals surface area contributed by atoms with Crippen molar-refractivity contribution in [1.29, 1.82) is 0 Å². The molecular formula is C8H7BrN2S. The van der Waals surface area contributed by atoms with Crippen molar-refractivity contribution in [3.8, 4) is 0 Å². The van der Waals surface area contributed by atoms with E-state index >= 15 is 0 Å². The van der Waals surface area contributed by atoms with Crippen molar-refractivity contribution in [2.45, 2.75) is 0 Å². The normalized spacial score (nSPS) is 10.5. The molecule has 1 N–H and O–H groups in total. The van der Waals surface area contributed by atoms with E-state index in [-0.39, 0.29) is 0 Å². The van der Waals surface area contributed by atoms with E-state index in [9.17, 15) is 0 Å². The molecule has 0 bridgehead atoms. The largest absolute Gasteiger partial charge is 0.365 e. The zero-order valence-corrected chi connectivity index (χ0v) is 8.87. The third-order valence-electron chi connectivity index (χ3n) is 1.58. The summed E-state index contributed by atoms with van der Waals surface area (Å²) >= 11 is 5.14. The number of nitrogens with one attached hydrogen (secondary N) is 1. The molecule has 0 aliphatic carbocycles. The maximum absolute atomic E-state index is 4.37. The Bertz CT molecular complexity index is 410. The first-order valence-corrected chi connectivity index (χ1v) is 5.15. The van der Waals surface area contributed by atoms with E-state index < -0.39 is 0 Å². The van der Waals surface area contributed by atoms with Crippen LogP contribution in [0.2, 0.25) is 0 Å². The van der Waals surface area contributed by atoms with Crippen LogP contribution in [0.25, 0.3) is 10.2 Å². The maximum atomic E-state index is 4.37. The van der Waals surface area contributed by atoms with E-state index in [0.717, 1.165) is 15.1 Å². The summed E-state index contributed by atoms with van der Waals surface area (Å²) in [6.07, 6.45) is 0. The van der Waals surface area contributed by atoms with Crippen LogP contribution in [0.5, 0.6) is 0 Å².